The van der Waals surface area contributed by atoms with E-state index in [0.717, 1.165) is 25.2 Å². The van der Waals surface area contributed by atoms with Gasteiger partial charge in [-0.2, -0.15) is 0 Å². The number of rotatable bonds is 11. The number of carbonyl (C=O) groups excluding carboxylic acids is 2. The highest BCUT2D eigenvalue weighted by molar-refractivity contribution is 5.84. The lowest BCUT2D eigenvalue weighted by atomic mass is 9.95. The summed E-state index contributed by atoms with van der Waals surface area (Å²) in [6.45, 7) is 7.74. The van der Waals surface area contributed by atoms with E-state index in [9.17, 15) is 9.59 Å². The number of likely N-dealkylation sites (tertiary alicyclic amines) is 1. The van der Waals surface area contributed by atoms with Crippen LogP contribution in [0.1, 0.15) is 50.1 Å². The van der Waals surface area contributed by atoms with Gasteiger partial charge < -0.3 is 23.7 Å². The van der Waals surface area contributed by atoms with E-state index in [1.165, 1.54) is 6.92 Å². The van der Waals surface area contributed by atoms with Crippen LogP contribution >= 0.6 is 0 Å². The molecule has 2 heterocycles. The maximum atomic E-state index is 13.1. The molecule has 8 nitrogen and oxygen atoms in total. The predicted molar refractivity (Wildman–Crippen MR) is 119 cm³/mol. The lowest BCUT2D eigenvalue weighted by Gasteiger charge is -2.34. The molecule has 0 bridgehead atoms. The van der Waals surface area contributed by atoms with Crippen LogP contribution in [0.5, 0.6) is 0 Å². The first-order chi connectivity index (χ1) is 15.6. The highest BCUT2D eigenvalue weighted by Crippen LogP contribution is 2.29. The zero-order chi connectivity index (χ0) is 22.8. The van der Waals surface area contributed by atoms with Gasteiger partial charge in [-0.3, -0.25) is 9.59 Å². The van der Waals surface area contributed by atoms with Gasteiger partial charge in [-0.05, 0) is 19.8 Å². The largest absolute Gasteiger partial charge is 0.447 e. The Morgan fingerprint density at radius 3 is 2.50 bits per heavy atom. The van der Waals surface area contributed by atoms with Crippen LogP contribution in [-0.4, -0.2) is 65.8 Å². The lowest BCUT2D eigenvalue weighted by molar-refractivity contribution is -0.159. The molecule has 1 aromatic carbocycles. The molecule has 174 valence electrons. The number of imidazole rings is 1. The molecule has 1 amide bonds. The van der Waals surface area contributed by atoms with E-state index in [-0.39, 0.29) is 11.8 Å². The van der Waals surface area contributed by atoms with Crippen molar-refractivity contribution in [1.29, 1.82) is 0 Å². The van der Waals surface area contributed by atoms with Crippen molar-refractivity contribution in [3.63, 3.8) is 0 Å². The van der Waals surface area contributed by atoms with E-state index in [0.29, 0.717) is 45.1 Å². The molecule has 0 spiro atoms. The fourth-order valence-electron chi connectivity index (χ4n) is 3.98. The highest BCUT2D eigenvalue weighted by atomic mass is 16.5. The van der Waals surface area contributed by atoms with E-state index < -0.39 is 12.1 Å². The molecular formula is C24H33N3O5. The van der Waals surface area contributed by atoms with Gasteiger partial charge in [0, 0.05) is 57.0 Å². The first-order valence-electron chi connectivity index (χ1n) is 11.3. The minimum absolute atomic E-state index is 0.170. The fraction of sp³-hybridized carbons (Fsp3) is 0.542. The molecular weight excluding hydrogens is 410 g/mol. The molecule has 1 saturated heterocycles. The van der Waals surface area contributed by atoms with Crippen molar-refractivity contribution in [2.75, 3.05) is 39.5 Å². The molecule has 0 saturated carbocycles. The van der Waals surface area contributed by atoms with Gasteiger partial charge in [0.2, 0.25) is 6.10 Å². The molecule has 8 heteroatoms. The molecule has 2 aromatic rings. The van der Waals surface area contributed by atoms with Crippen LogP contribution in [0, 0.1) is 0 Å². The number of aromatic nitrogens is 2. The third-order valence-corrected chi connectivity index (χ3v) is 5.58. The summed E-state index contributed by atoms with van der Waals surface area (Å²) in [7, 11) is 0. The maximum Gasteiger partial charge on any atom is 0.303 e. The van der Waals surface area contributed by atoms with Crippen LogP contribution in [0.2, 0.25) is 0 Å². The minimum atomic E-state index is -0.902. The van der Waals surface area contributed by atoms with Crippen molar-refractivity contribution >= 4 is 11.9 Å². The van der Waals surface area contributed by atoms with Crippen molar-refractivity contribution < 1.29 is 23.8 Å². The number of amides is 1. The summed E-state index contributed by atoms with van der Waals surface area (Å²) < 4.78 is 18.4. The monoisotopic (exact) mass is 443 g/mol. The van der Waals surface area contributed by atoms with Crippen LogP contribution < -0.4 is 0 Å². The van der Waals surface area contributed by atoms with Gasteiger partial charge in [-0.1, -0.05) is 30.3 Å². The van der Waals surface area contributed by atoms with Gasteiger partial charge in [0.15, 0.2) is 0 Å². The Morgan fingerprint density at radius 2 is 1.81 bits per heavy atom. The Kier molecular flexibility index (Phi) is 9.25. The normalized spacial score (nSPS) is 15.5. The number of ether oxygens (including phenoxy) is 3. The summed E-state index contributed by atoms with van der Waals surface area (Å²) in [5.74, 6) is 0.676. The Hall–Kier alpha value is -2.71. The molecule has 0 N–H and O–H groups in total. The van der Waals surface area contributed by atoms with E-state index in [1.807, 2.05) is 49.6 Å². The number of hydrogen-bond acceptors (Lipinski definition) is 6. The quantitative estimate of drug-likeness (QED) is 0.392. The van der Waals surface area contributed by atoms with Crippen molar-refractivity contribution in [3.05, 3.63) is 54.1 Å². The number of benzene rings is 1. The van der Waals surface area contributed by atoms with Gasteiger partial charge in [-0.15, -0.1) is 0 Å². The highest BCUT2D eigenvalue weighted by Gasteiger charge is 2.32. The Balaban J connectivity index is 1.54. The second-order valence-corrected chi connectivity index (χ2v) is 7.79. The molecule has 0 radical (unpaired) electrons. The SMILES string of the molecule is CCOCCOCCn1ccnc1C1CCN(C(=O)C(OC(C)=O)c2ccccc2)CC1. The van der Waals surface area contributed by atoms with E-state index in [2.05, 4.69) is 9.55 Å². The third-order valence-electron chi connectivity index (χ3n) is 5.58. The smallest absolute Gasteiger partial charge is 0.303 e. The fourth-order valence-corrected chi connectivity index (χ4v) is 3.98. The van der Waals surface area contributed by atoms with Crippen LogP contribution in [0.3, 0.4) is 0 Å². The number of nitrogens with zero attached hydrogens (tertiary/aromatic N) is 3. The summed E-state index contributed by atoms with van der Waals surface area (Å²) in [5, 5.41) is 0. The van der Waals surface area contributed by atoms with E-state index in [1.54, 1.807) is 4.90 Å². The number of hydrogen-bond donors (Lipinski definition) is 0. The van der Waals surface area contributed by atoms with Crippen LogP contribution in [-0.2, 0) is 30.3 Å². The van der Waals surface area contributed by atoms with Crippen molar-refractivity contribution in [2.45, 2.75) is 45.3 Å². The zero-order valence-electron chi connectivity index (χ0n) is 18.9. The number of carbonyl (C=O) groups is 2. The Morgan fingerprint density at radius 1 is 1.09 bits per heavy atom. The van der Waals surface area contributed by atoms with Crippen molar-refractivity contribution in [3.8, 4) is 0 Å². The second-order valence-electron chi connectivity index (χ2n) is 7.79. The molecule has 32 heavy (non-hydrogen) atoms. The molecule has 0 aliphatic carbocycles. The first kappa shape index (κ1) is 23.9. The maximum absolute atomic E-state index is 13.1. The van der Waals surface area contributed by atoms with Gasteiger partial charge in [0.25, 0.3) is 5.91 Å². The van der Waals surface area contributed by atoms with Crippen LogP contribution in [0.4, 0.5) is 0 Å². The van der Waals surface area contributed by atoms with Crippen molar-refractivity contribution in [2.24, 2.45) is 0 Å². The lowest BCUT2D eigenvalue weighted by Crippen LogP contribution is -2.42. The summed E-state index contributed by atoms with van der Waals surface area (Å²) in [6.07, 6.45) is 4.52. The summed E-state index contributed by atoms with van der Waals surface area (Å²) >= 11 is 0. The molecule has 1 fully saturated rings. The standard InChI is InChI=1S/C24H33N3O5/c1-3-30-17-18-31-16-15-26-14-11-25-23(26)21-9-12-27(13-10-21)24(29)22(32-19(2)28)20-7-5-4-6-8-20/h4-8,11,14,21-22H,3,9-10,12-13,15-18H2,1-2H3. The van der Waals surface area contributed by atoms with Crippen LogP contribution in [0.25, 0.3) is 0 Å². The molecule has 1 unspecified atom stereocenters. The van der Waals surface area contributed by atoms with Gasteiger partial charge in [0.05, 0.1) is 19.8 Å². The molecule has 1 aliphatic rings. The predicted octanol–water partition coefficient (Wildman–Crippen LogP) is 2.95. The first-order valence-corrected chi connectivity index (χ1v) is 11.3. The van der Waals surface area contributed by atoms with Gasteiger partial charge in [-0.25, -0.2) is 4.98 Å². The average Bonchev–Trinajstić information content (AvgIpc) is 3.28. The molecule has 3 rings (SSSR count). The van der Waals surface area contributed by atoms with Gasteiger partial charge in [0.1, 0.15) is 5.82 Å². The summed E-state index contributed by atoms with van der Waals surface area (Å²) in [6, 6.07) is 9.17. The molecule has 1 atom stereocenters. The average molecular weight is 444 g/mol. The third kappa shape index (κ3) is 6.64. The Bertz CT molecular complexity index is 846. The second kappa shape index (κ2) is 12.4. The van der Waals surface area contributed by atoms with Crippen molar-refractivity contribution in [1.82, 2.24) is 14.5 Å². The number of esters is 1. The Labute approximate surface area is 189 Å². The molecule has 1 aliphatic heterocycles. The summed E-state index contributed by atoms with van der Waals surface area (Å²) in [5.41, 5.74) is 0.690. The molecule has 1 aromatic heterocycles. The van der Waals surface area contributed by atoms with Gasteiger partial charge >= 0.3 is 5.97 Å². The van der Waals surface area contributed by atoms with Crippen LogP contribution in [0.15, 0.2) is 42.7 Å². The minimum Gasteiger partial charge on any atom is -0.447 e. The van der Waals surface area contributed by atoms with E-state index >= 15 is 0 Å². The topological polar surface area (TPSA) is 82.9 Å². The number of piperidine rings is 1. The summed E-state index contributed by atoms with van der Waals surface area (Å²) in [4.78, 5) is 31.1. The van der Waals surface area contributed by atoms with E-state index in [4.69, 9.17) is 14.2 Å². The zero-order valence-corrected chi connectivity index (χ0v) is 18.9.